The van der Waals surface area contributed by atoms with Gasteiger partial charge in [0.05, 0.1) is 6.54 Å². The molecule has 1 N–H and O–H groups in total. The van der Waals surface area contributed by atoms with Crippen LogP contribution in [0.3, 0.4) is 0 Å². The maximum absolute atomic E-state index is 13.1. The summed E-state index contributed by atoms with van der Waals surface area (Å²) in [6.45, 7) is 1.68. The van der Waals surface area contributed by atoms with Crippen LogP contribution in [0.15, 0.2) is 40.9 Å². The van der Waals surface area contributed by atoms with Crippen LogP contribution >= 0.6 is 0 Å². The van der Waals surface area contributed by atoms with Crippen LogP contribution in [0.4, 0.5) is 0 Å². The van der Waals surface area contributed by atoms with Crippen molar-refractivity contribution >= 4 is 11.8 Å². The maximum Gasteiger partial charge on any atom is 0.273 e. The molecule has 2 saturated carbocycles. The van der Waals surface area contributed by atoms with E-state index in [1.807, 2.05) is 23.1 Å². The third-order valence-electron chi connectivity index (χ3n) is 5.92. The highest BCUT2D eigenvalue weighted by Crippen LogP contribution is 2.28. The maximum atomic E-state index is 13.1. The summed E-state index contributed by atoms with van der Waals surface area (Å²) in [6, 6.07) is 11.8. The quantitative estimate of drug-likeness (QED) is 0.704. The molecular weight excluding hydrogens is 366 g/mol. The van der Waals surface area contributed by atoms with E-state index in [4.69, 9.17) is 4.52 Å². The second kappa shape index (κ2) is 9.25. The SMILES string of the molecule is O=C(NCC1CC1)c1cc(CN(CCc2ccccc2)C(=O)C2CCCC2)on1. The van der Waals surface area contributed by atoms with Crippen molar-refractivity contribution in [3.8, 4) is 0 Å². The van der Waals surface area contributed by atoms with Crippen LogP contribution in [0.5, 0.6) is 0 Å². The molecule has 154 valence electrons. The molecule has 0 aliphatic heterocycles. The number of carbonyl (C=O) groups excluding carboxylic acids is 2. The molecule has 0 spiro atoms. The van der Waals surface area contributed by atoms with Crippen molar-refractivity contribution in [2.45, 2.75) is 51.5 Å². The molecule has 4 rings (SSSR count). The van der Waals surface area contributed by atoms with Crippen molar-refractivity contribution in [2.75, 3.05) is 13.1 Å². The summed E-state index contributed by atoms with van der Waals surface area (Å²) in [5.74, 6) is 1.26. The van der Waals surface area contributed by atoms with Gasteiger partial charge in [-0.1, -0.05) is 48.3 Å². The van der Waals surface area contributed by atoms with Gasteiger partial charge in [0.1, 0.15) is 0 Å². The van der Waals surface area contributed by atoms with Gasteiger partial charge in [0.15, 0.2) is 11.5 Å². The number of nitrogens with one attached hydrogen (secondary N) is 1. The number of hydrogen-bond donors (Lipinski definition) is 1. The zero-order chi connectivity index (χ0) is 20.1. The molecule has 1 aromatic heterocycles. The highest BCUT2D eigenvalue weighted by Gasteiger charge is 2.28. The lowest BCUT2D eigenvalue weighted by molar-refractivity contribution is -0.136. The number of hydrogen-bond acceptors (Lipinski definition) is 4. The smallest absolute Gasteiger partial charge is 0.273 e. The van der Waals surface area contributed by atoms with Crippen LogP contribution in [-0.4, -0.2) is 35.0 Å². The van der Waals surface area contributed by atoms with Crippen LogP contribution in [0.1, 0.15) is 60.3 Å². The van der Waals surface area contributed by atoms with Gasteiger partial charge in [-0.15, -0.1) is 0 Å². The van der Waals surface area contributed by atoms with Gasteiger partial charge in [0.25, 0.3) is 5.91 Å². The third-order valence-corrected chi connectivity index (χ3v) is 5.92. The molecule has 6 nitrogen and oxygen atoms in total. The molecule has 0 saturated heterocycles. The van der Waals surface area contributed by atoms with E-state index in [2.05, 4.69) is 22.6 Å². The first-order chi connectivity index (χ1) is 14.2. The zero-order valence-corrected chi connectivity index (χ0v) is 16.8. The van der Waals surface area contributed by atoms with Crippen molar-refractivity contribution in [3.63, 3.8) is 0 Å². The minimum absolute atomic E-state index is 0.106. The minimum atomic E-state index is -0.204. The molecule has 2 fully saturated rings. The third kappa shape index (κ3) is 5.46. The van der Waals surface area contributed by atoms with Crippen LogP contribution in [0, 0.1) is 11.8 Å². The second-order valence-corrected chi connectivity index (χ2v) is 8.31. The molecular formula is C23H29N3O3. The number of nitrogens with zero attached hydrogens (tertiary/aromatic N) is 2. The van der Waals surface area contributed by atoms with Crippen LogP contribution < -0.4 is 5.32 Å². The summed E-state index contributed by atoms with van der Waals surface area (Å²) in [5, 5.41) is 6.82. The van der Waals surface area contributed by atoms with Gasteiger partial charge in [-0.2, -0.15) is 0 Å². The minimum Gasteiger partial charge on any atom is -0.359 e. The number of aromatic nitrogens is 1. The fourth-order valence-electron chi connectivity index (χ4n) is 3.94. The van der Waals surface area contributed by atoms with E-state index in [9.17, 15) is 9.59 Å². The Morgan fingerprint density at radius 1 is 1.10 bits per heavy atom. The van der Waals surface area contributed by atoms with Gasteiger partial charge >= 0.3 is 0 Å². The van der Waals surface area contributed by atoms with Crippen molar-refractivity contribution in [2.24, 2.45) is 11.8 Å². The standard InChI is InChI=1S/C23H29N3O3/c27-22(24-15-18-10-11-18)21-14-20(29-25-21)16-26(23(28)19-8-4-5-9-19)13-12-17-6-2-1-3-7-17/h1-3,6-7,14,18-19H,4-5,8-13,15-16H2,(H,24,27). The van der Waals surface area contributed by atoms with Crippen molar-refractivity contribution in [1.29, 1.82) is 0 Å². The Labute approximate surface area is 171 Å². The molecule has 0 atom stereocenters. The van der Waals surface area contributed by atoms with E-state index in [-0.39, 0.29) is 23.4 Å². The first-order valence-electron chi connectivity index (χ1n) is 10.8. The second-order valence-electron chi connectivity index (χ2n) is 8.31. The summed E-state index contributed by atoms with van der Waals surface area (Å²) in [5.41, 5.74) is 1.49. The Balaban J connectivity index is 1.39. The van der Waals surface area contributed by atoms with Gasteiger partial charge in [-0.25, -0.2) is 0 Å². The lowest BCUT2D eigenvalue weighted by Gasteiger charge is -2.24. The number of benzene rings is 1. The van der Waals surface area contributed by atoms with E-state index < -0.39 is 0 Å². The Morgan fingerprint density at radius 3 is 2.59 bits per heavy atom. The largest absolute Gasteiger partial charge is 0.359 e. The van der Waals surface area contributed by atoms with Crippen LogP contribution in [0.25, 0.3) is 0 Å². The molecule has 1 heterocycles. The highest BCUT2D eigenvalue weighted by atomic mass is 16.5. The lowest BCUT2D eigenvalue weighted by atomic mass is 10.1. The Kier molecular flexibility index (Phi) is 6.27. The average Bonchev–Trinajstić information content (AvgIpc) is 3.20. The van der Waals surface area contributed by atoms with Gasteiger partial charge in [-0.3, -0.25) is 9.59 Å². The predicted molar refractivity (Wildman–Crippen MR) is 109 cm³/mol. The fourth-order valence-corrected chi connectivity index (χ4v) is 3.94. The zero-order valence-electron chi connectivity index (χ0n) is 16.8. The molecule has 0 unspecified atom stereocenters. The average molecular weight is 396 g/mol. The van der Waals surface area contributed by atoms with E-state index >= 15 is 0 Å². The summed E-state index contributed by atoms with van der Waals surface area (Å²) >= 11 is 0. The summed E-state index contributed by atoms with van der Waals surface area (Å²) < 4.78 is 5.40. The lowest BCUT2D eigenvalue weighted by Crippen LogP contribution is -2.36. The first-order valence-corrected chi connectivity index (χ1v) is 10.8. The predicted octanol–water partition coefficient (Wildman–Crippen LogP) is 3.58. The normalized spacial score (nSPS) is 16.7. The number of carbonyl (C=O) groups is 2. The molecule has 0 radical (unpaired) electrons. The van der Waals surface area contributed by atoms with Gasteiger partial charge in [-0.05, 0) is 43.6 Å². The van der Waals surface area contributed by atoms with Gasteiger partial charge in [0, 0.05) is 25.1 Å². The Bertz CT molecular complexity index is 823. The summed E-state index contributed by atoms with van der Waals surface area (Å²) in [4.78, 5) is 27.2. The fraction of sp³-hybridized carbons (Fsp3) is 0.522. The Hall–Kier alpha value is -2.63. The monoisotopic (exact) mass is 395 g/mol. The van der Waals surface area contributed by atoms with E-state index in [1.54, 1.807) is 6.07 Å². The van der Waals surface area contributed by atoms with Crippen molar-refractivity contribution in [3.05, 3.63) is 53.4 Å². The molecule has 1 aromatic carbocycles. The van der Waals surface area contributed by atoms with E-state index in [1.165, 1.54) is 18.4 Å². The molecule has 2 amide bonds. The van der Waals surface area contributed by atoms with E-state index in [0.29, 0.717) is 31.3 Å². The van der Waals surface area contributed by atoms with Crippen molar-refractivity contribution in [1.82, 2.24) is 15.4 Å². The Morgan fingerprint density at radius 2 is 1.86 bits per heavy atom. The molecule has 2 aliphatic carbocycles. The molecule has 29 heavy (non-hydrogen) atoms. The molecule has 0 bridgehead atoms. The summed E-state index contributed by atoms with van der Waals surface area (Å²) in [7, 11) is 0. The molecule has 2 aromatic rings. The van der Waals surface area contributed by atoms with E-state index in [0.717, 1.165) is 32.1 Å². The topological polar surface area (TPSA) is 75.4 Å². The van der Waals surface area contributed by atoms with Crippen LogP contribution in [-0.2, 0) is 17.8 Å². The summed E-state index contributed by atoms with van der Waals surface area (Å²) in [6.07, 6.45) is 7.33. The molecule has 6 heteroatoms. The first kappa shape index (κ1) is 19.7. The highest BCUT2D eigenvalue weighted by molar-refractivity contribution is 5.92. The number of rotatable bonds is 9. The number of amides is 2. The van der Waals surface area contributed by atoms with Crippen LogP contribution in [0.2, 0.25) is 0 Å². The van der Waals surface area contributed by atoms with Crippen molar-refractivity contribution < 1.29 is 14.1 Å². The van der Waals surface area contributed by atoms with Gasteiger partial charge in [0.2, 0.25) is 5.91 Å². The molecule has 2 aliphatic rings. The van der Waals surface area contributed by atoms with Gasteiger partial charge < -0.3 is 14.7 Å².